The van der Waals surface area contributed by atoms with Gasteiger partial charge in [0.05, 0.1) is 6.61 Å². The van der Waals surface area contributed by atoms with E-state index in [4.69, 9.17) is 4.74 Å². The Kier molecular flexibility index (Phi) is 3.50. The first-order chi connectivity index (χ1) is 6.20. The predicted octanol–water partition coefficient (Wildman–Crippen LogP) is 2.38. The van der Waals surface area contributed by atoms with Crippen molar-refractivity contribution in [1.82, 2.24) is 0 Å². The largest absolute Gasteiger partial charge is 0.466 e. The predicted molar refractivity (Wildman–Crippen MR) is 52.2 cm³/mol. The second-order valence-corrected chi connectivity index (χ2v) is 3.04. The Labute approximate surface area is 78.6 Å². The number of rotatable bonds is 3. The number of hydrogen-bond acceptors (Lipinski definition) is 2. The normalized spacial score (nSPS) is 13.5. The summed E-state index contributed by atoms with van der Waals surface area (Å²) in [5, 5.41) is 0. The van der Waals surface area contributed by atoms with Crippen molar-refractivity contribution in [1.29, 1.82) is 0 Å². The summed E-state index contributed by atoms with van der Waals surface area (Å²) in [5.41, 5.74) is 2.48. The molecule has 13 heavy (non-hydrogen) atoms. The SMILES string of the molecule is CC(=O)OCCC(C)=C1C=CC=C1. The van der Waals surface area contributed by atoms with E-state index in [9.17, 15) is 4.79 Å². The van der Waals surface area contributed by atoms with Crippen molar-refractivity contribution in [2.45, 2.75) is 20.3 Å². The molecule has 70 valence electrons. The van der Waals surface area contributed by atoms with Crippen molar-refractivity contribution < 1.29 is 9.53 Å². The minimum Gasteiger partial charge on any atom is -0.466 e. The van der Waals surface area contributed by atoms with Crippen LogP contribution in [0.3, 0.4) is 0 Å². The van der Waals surface area contributed by atoms with Crippen molar-refractivity contribution >= 4 is 5.97 Å². The lowest BCUT2D eigenvalue weighted by molar-refractivity contribution is -0.140. The third kappa shape index (κ3) is 3.28. The van der Waals surface area contributed by atoms with Gasteiger partial charge in [0.1, 0.15) is 0 Å². The van der Waals surface area contributed by atoms with Crippen molar-refractivity contribution in [3.63, 3.8) is 0 Å². The van der Waals surface area contributed by atoms with Crippen LogP contribution in [0.15, 0.2) is 35.5 Å². The van der Waals surface area contributed by atoms with Crippen LogP contribution in [0.1, 0.15) is 20.3 Å². The van der Waals surface area contributed by atoms with Crippen LogP contribution in [0.5, 0.6) is 0 Å². The molecule has 1 rings (SSSR count). The van der Waals surface area contributed by atoms with Gasteiger partial charge in [-0.05, 0) is 12.5 Å². The van der Waals surface area contributed by atoms with Gasteiger partial charge in [0.25, 0.3) is 0 Å². The zero-order valence-corrected chi connectivity index (χ0v) is 8.04. The molecule has 0 aromatic rings. The summed E-state index contributed by atoms with van der Waals surface area (Å²) >= 11 is 0. The van der Waals surface area contributed by atoms with Crippen molar-refractivity contribution in [2.24, 2.45) is 0 Å². The molecule has 0 radical (unpaired) electrons. The van der Waals surface area contributed by atoms with E-state index in [1.807, 2.05) is 12.2 Å². The summed E-state index contributed by atoms with van der Waals surface area (Å²) in [5.74, 6) is -0.213. The average Bonchev–Trinajstić information content (AvgIpc) is 2.55. The molecule has 1 aliphatic carbocycles. The average molecular weight is 178 g/mol. The van der Waals surface area contributed by atoms with Crippen LogP contribution in [-0.4, -0.2) is 12.6 Å². The third-order valence-corrected chi connectivity index (χ3v) is 1.94. The molecule has 1 aliphatic rings. The molecule has 0 heterocycles. The fourth-order valence-electron chi connectivity index (χ4n) is 1.15. The molecule has 0 saturated heterocycles. The highest BCUT2D eigenvalue weighted by Gasteiger charge is 2.00. The van der Waals surface area contributed by atoms with E-state index in [1.165, 1.54) is 18.1 Å². The monoisotopic (exact) mass is 178 g/mol. The van der Waals surface area contributed by atoms with Gasteiger partial charge < -0.3 is 4.74 Å². The van der Waals surface area contributed by atoms with Gasteiger partial charge in [-0.2, -0.15) is 0 Å². The molecular formula is C11H14O2. The summed E-state index contributed by atoms with van der Waals surface area (Å²) in [4.78, 5) is 10.5. The fourth-order valence-corrected chi connectivity index (χ4v) is 1.15. The molecule has 0 atom stereocenters. The highest BCUT2D eigenvalue weighted by molar-refractivity contribution is 5.65. The lowest BCUT2D eigenvalue weighted by Gasteiger charge is -2.03. The van der Waals surface area contributed by atoms with Crippen LogP contribution in [0.2, 0.25) is 0 Å². The molecule has 0 bridgehead atoms. The molecule has 0 fully saturated rings. The molecule has 0 aromatic carbocycles. The molecule has 0 unspecified atom stereocenters. The van der Waals surface area contributed by atoms with Crippen molar-refractivity contribution in [3.8, 4) is 0 Å². The number of ether oxygens (including phenoxy) is 1. The van der Waals surface area contributed by atoms with Crippen LogP contribution < -0.4 is 0 Å². The van der Waals surface area contributed by atoms with E-state index in [0.717, 1.165) is 6.42 Å². The first-order valence-electron chi connectivity index (χ1n) is 4.38. The number of esters is 1. The van der Waals surface area contributed by atoms with Gasteiger partial charge in [-0.1, -0.05) is 29.9 Å². The van der Waals surface area contributed by atoms with Crippen molar-refractivity contribution in [3.05, 3.63) is 35.5 Å². The number of allylic oxidation sites excluding steroid dienone is 5. The Balaban J connectivity index is 2.37. The van der Waals surface area contributed by atoms with E-state index in [0.29, 0.717) is 6.61 Å². The van der Waals surface area contributed by atoms with Gasteiger partial charge in [0, 0.05) is 13.3 Å². The summed E-state index contributed by atoms with van der Waals surface area (Å²) in [6.07, 6.45) is 8.94. The summed E-state index contributed by atoms with van der Waals surface area (Å²) in [7, 11) is 0. The van der Waals surface area contributed by atoms with E-state index in [-0.39, 0.29) is 5.97 Å². The van der Waals surface area contributed by atoms with E-state index >= 15 is 0 Å². The van der Waals surface area contributed by atoms with E-state index in [2.05, 4.69) is 19.1 Å². The third-order valence-electron chi connectivity index (χ3n) is 1.94. The van der Waals surface area contributed by atoms with Gasteiger partial charge in [-0.25, -0.2) is 0 Å². The van der Waals surface area contributed by atoms with Crippen LogP contribution in [0, 0.1) is 0 Å². The number of carbonyl (C=O) groups excluding carboxylic acids is 1. The molecule has 0 aliphatic heterocycles. The molecule has 2 nitrogen and oxygen atoms in total. The van der Waals surface area contributed by atoms with Gasteiger partial charge in [-0.15, -0.1) is 0 Å². The van der Waals surface area contributed by atoms with Gasteiger partial charge in [0.2, 0.25) is 0 Å². The summed E-state index contributed by atoms with van der Waals surface area (Å²) < 4.78 is 4.85. The summed E-state index contributed by atoms with van der Waals surface area (Å²) in [6.45, 7) is 3.96. The zero-order chi connectivity index (χ0) is 9.68. The maximum atomic E-state index is 10.5. The topological polar surface area (TPSA) is 26.3 Å². The second kappa shape index (κ2) is 4.65. The van der Waals surface area contributed by atoms with Crippen LogP contribution in [0.25, 0.3) is 0 Å². The minimum atomic E-state index is -0.213. The molecule has 0 amide bonds. The molecule has 0 aromatic heterocycles. The zero-order valence-electron chi connectivity index (χ0n) is 8.04. The highest BCUT2D eigenvalue weighted by atomic mass is 16.5. The Hall–Kier alpha value is -1.31. The van der Waals surface area contributed by atoms with Gasteiger partial charge >= 0.3 is 5.97 Å². The lowest BCUT2D eigenvalue weighted by Crippen LogP contribution is -2.01. The highest BCUT2D eigenvalue weighted by Crippen LogP contribution is 2.15. The molecule has 0 spiro atoms. The van der Waals surface area contributed by atoms with Crippen LogP contribution in [-0.2, 0) is 9.53 Å². The second-order valence-electron chi connectivity index (χ2n) is 3.04. The van der Waals surface area contributed by atoms with Crippen LogP contribution in [0.4, 0.5) is 0 Å². The maximum absolute atomic E-state index is 10.5. The quantitative estimate of drug-likeness (QED) is 0.620. The molecular weight excluding hydrogens is 164 g/mol. The molecule has 0 saturated carbocycles. The minimum absolute atomic E-state index is 0.213. The Morgan fingerprint density at radius 3 is 2.46 bits per heavy atom. The smallest absolute Gasteiger partial charge is 0.302 e. The summed E-state index contributed by atoms with van der Waals surface area (Å²) in [6, 6.07) is 0. The molecule has 0 N–H and O–H groups in total. The Morgan fingerprint density at radius 1 is 1.31 bits per heavy atom. The Morgan fingerprint density at radius 2 is 1.92 bits per heavy atom. The molecule has 2 heteroatoms. The maximum Gasteiger partial charge on any atom is 0.302 e. The van der Waals surface area contributed by atoms with Crippen LogP contribution >= 0.6 is 0 Å². The number of hydrogen-bond donors (Lipinski definition) is 0. The lowest BCUT2D eigenvalue weighted by atomic mass is 10.1. The standard InChI is InChI=1S/C11H14O2/c1-9(7-8-13-10(2)12)11-5-3-4-6-11/h3-6H,7-8H2,1-2H3. The van der Waals surface area contributed by atoms with Gasteiger partial charge in [0.15, 0.2) is 0 Å². The fraction of sp³-hybridized carbons (Fsp3) is 0.364. The first-order valence-corrected chi connectivity index (χ1v) is 4.38. The van der Waals surface area contributed by atoms with E-state index < -0.39 is 0 Å². The first kappa shape index (κ1) is 9.78. The Bertz CT molecular complexity index is 268. The van der Waals surface area contributed by atoms with Crippen molar-refractivity contribution in [2.75, 3.05) is 6.61 Å². The number of carbonyl (C=O) groups is 1. The van der Waals surface area contributed by atoms with E-state index in [1.54, 1.807) is 0 Å². The van der Waals surface area contributed by atoms with Gasteiger partial charge in [-0.3, -0.25) is 4.79 Å².